The van der Waals surface area contributed by atoms with Gasteiger partial charge in [-0.2, -0.15) is 4.98 Å². The van der Waals surface area contributed by atoms with Crippen LogP contribution in [0.2, 0.25) is 0 Å². The minimum absolute atomic E-state index is 0.109. The molecule has 1 aromatic heterocycles. The first-order valence-electron chi connectivity index (χ1n) is 13.8. The number of hydrogen-bond acceptors (Lipinski definition) is 9. The van der Waals surface area contributed by atoms with Crippen LogP contribution in [0.3, 0.4) is 0 Å². The van der Waals surface area contributed by atoms with Gasteiger partial charge in [0.2, 0.25) is 0 Å². The Morgan fingerprint density at radius 3 is 2.72 bits per heavy atom. The van der Waals surface area contributed by atoms with Crippen LogP contribution in [0.25, 0.3) is 0 Å². The molecule has 4 rings (SSSR count). The predicted octanol–water partition coefficient (Wildman–Crippen LogP) is 4.29. The Bertz CT molecular complexity index is 1250. The largest absolute Gasteiger partial charge is 0.425 e. The van der Waals surface area contributed by atoms with Gasteiger partial charge in [0.25, 0.3) is 5.91 Å². The van der Waals surface area contributed by atoms with Crippen molar-refractivity contribution in [3.63, 3.8) is 0 Å². The molecule has 1 aromatic carbocycles. The minimum atomic E-state index is -1.63. The first kappa shape index (κ1) is 27.9. The Kier molecular flexibility index (Phi) is 8.73. The first-order valence-corrected chi connectivity index (χ1v) is 14.2. The monoisotopic (exact) mass is 560 g/mol. The molecule has 5 unspecified atom stereocenters. The highest BCUT2D eigenvalue weighted by Gasteiger charge is 2.62. The van der Waals surface area contributed by atoms with Crippen LogP contribution >= 0.6 is 8.53 Å². The number of aliphatic imine (C=N–C) groups is 1. The van der Waals surface area contributed by atoms with Crippen molar-refractivity contribution >= 4 is 26.7 Å². The van der Waals surface area contributed by atoms with E-state index in [0.29, 0.717) is 17.7 Å². The summed E-state index contributed by atoms with van der Waals surface area (Å²) >= 11 is 0. The van der Waals surface area contributed by atoms with E-state index < -0.39 is 38.3 Å². The third-order valence-corrected chi connectivity index (χ3v) is 8.48. The van der Waals surface area contributed by atoms with Gasteiger partial charge in [0.15, 0.2) is 12.6 Å². The molecule has 2 aliphatic heterocycles. The second-order valence-electron chi connectivity index (χ2n) is 10.2. The standard InChI is InChI=1S/C27H38N5O6P/c1-8-28-16-36-39(32(17(2)3)18(4)5)38-22-21-25(37-27(22,7)15-35-21)31-14-19(6)23(30-26(31)34)29-24(33)20-12-10-9-11-13-20/h9-14,16-18,21-22,25H,8,15H2,1-7H3,(H,29,30,33,34)/i7D. The molecule has 11 nitrogen and oxygen atoms in total. The number of aryl methyl sites for hydroxylation is 1. The third-order valence-electron chi connectivity index (χ3n) is 6.50. The van der Waals surface area contributed by atoms with Crippen LogP contribution in [0.15, 0.2) is 46.3 Å². The lowest BCUT2D eigenvalue weighted by Gasteiger charge is -2.36. The molecule has 0 aliphatic carbocycles. The average Bonchev–Trinajstić information content (AvgIpc) is 3.42. The summed E-state index contributed by atoms with van der Waals surface area (Å²) < 4.78 is 36.8. The molecule has 212 valence electrons. The fraction of sp³-hybridized carbons (Fsp3) is 0.556. The summed E-state index contributed by atoms with van der Waals surface area (Å²) in [5, 5.41) is 2.71. The van der Waals surface area contributed by atoms with Gasteiger partial charge in [-0.15, -0.1) is 0 Å². The van der Waals surface area contributed by atoms with Gasteiger partial charge in [-0.25, -0.2) is 9.46 Å². The molecule has 2 fully saturated rings. The number of ether oxygens (including phenoxy) is 2. The van der Waals surface area contributed by atoms with E-state index in [1.807, 2.05) is 13.0 Å². The van der Waals surface area contributed by atoms with Gasteiger partial charge in [-0.05, 0) is 60.6 Å². The van der Waals surface area contributed by atoms with Crippen molar-refractivity contribution < 1.29 is 24.7 Å². The second kappa shape index (κ2) is 12.2. The lowest BCUT2D eigenvalue weighted by Crippen LogP contribution is -2.40. The molecule has 1 amide bonds. The number of aromatic nitrogens is 2. The van der Waals surface area contributed by atoms with Crippen molar-refractivity contribution in [2.45, 2.75) is 84.6 Å². The number of nitrogens with one attached hydrogen (secondary N) is 1. The number of benzene rings is 1. The lowest BCUT2D eigenvalue weighted by atomic mass is 10.0. The molecule has 0 spiro atoms. The molecule has 1 N–H and O–H groups in total. The maximum absolute atomic E-state index is 13.2. The smallest absolute Gasteiger partial charge is 0.351 e. The van der Waals surface area contributed by atoms with E-state index in [2.05, 4.69) is 47.7 Å². The molecule has 12 heteroatoms. The Labute approximate surface area is 231 Å². The zero-order valence-electron chi connectivity index (χ0n) is 24.2. The zero-order valence-corrected chi connectivity index (χ0v) is 24.1. The molecule has 0 saturated carbocycles. The molecular formula is C27H38N5O6P. The van der Waals surface area contributed by atoms with E-state index in [-0.39, 0.29) is 37.3 Å². The summed E-state index contributed by atoms with van der Waals surface area (Å²) in [5.41, 5.74) is -0.683. The molecule has 2 bridgehead atoms. The molecular weight excluding hydrogens is 521 g/mol. The highest BCUT2D eigenvalue weighted by atomic mass is 31.2. The van der Waals surface area contributed by atoms with E-state index in [1.165, 1.54) is 11.0 Å². The van der Waals surface area contributed by atoms with Gasteiger partial charge in [0, 0.05) is 37.3 Å². The summed E-state index contributed by atoms with van der Waals surface area (Å²) in [7, 11) is -1.63. The maximum Gasteiger partial charge on any atom is 0.351 e. The van der Waals surface area contributed by atoms with Gasteiger partial charge in [0.05, 0.1) is 6.61 Å². The Morgan fingerprint density at radius 1 is 1.36 bits per heavy atom. The first-order chi connectivity index (χ1) is 19.1. The maximum atomic E-state index is 13.2. The van der Waals surface area contributed by atoms with Crippen molar-refractivity contribution in [1.82, 2.24) is 14.2 Å². The normalized spacial score (nSPS) is 25.6. The molecule has 39 heavy (non-hydrogen) atoms. The van der Waals surface area contributed by atoms with Crippen molar-refractivity contribution in [2.24, 2.45) is 4.99 Å². The molecule has 3 heterocycles. The van der Waals surface area contributed by atoms with Crippen LogP contribution in [0, 0.1) is 6.92 Å². The van der Waals surface area contributed by atoms with E-state index in [0.717, 1.165) is 0 Å². The Balaban J connectivity index is 1.60. The SMILES string of the molecule is [2H]CC12COC(C(n3cc(C)c(NC(=O)c4ccccc4)nc3=O)O1)C2OP(OC=NCC)N(C(C)C)C(C)C. The number of rotatable bonds is 11. The molecule has 2 saturated heterocycles. The molecule has 5 atom stereocenters. The van der Waals surface area contributed by atoms with Crippen LogP contribution in [0.4, 0.5) is 5.82 Å². The van der Waals surface area contributed by atoms with Crippen molar-refractivity contribution in [3.05, 3.63) is 58.1 Å². The van der Waals surface area contributed by atoms with Gasteiger partial charge >= 0.3 is 14.2 Å². The van der Waals surface area contributed by atoms with Crippen LogP contribution < -0.4 is 11.0 Å². The van der Waals surface area contributed by atoms with Crippen molar-refractivity contribution in [1.29, 1.82) is 0 Å². The van der Waals surface area contributed by atoms with E-state index in [9.17, 15) is 9.59 Å². The van der Waals surface area contributed by atoms with Crippen molar-refractivity contribution in [3.8, 4) is 0 Å². The van der Waals surface area contributed by atoms with E-state index in [4.69, 9.17) is 19.9 Å². The number of fused-ring (bicyclic) bond motifs is 2. The predicted molar refractivity (Wildman–Crippen MR) is 150 cm³/mol. The van der Waals surface area contributed by atoms with Gasteiger partial charge in [-0.1, -0.05) is 18.2 Å². The van der Waals surface area contributed by atoms with Crippen molar-refractivity contribution in [2.75, 3.05) is 18.5 Å². The van der Waals surface area contributed by atoms with E-state index >= 15 is 0 Å². The highest BCUT2D eigenvalue weighted by Crippen LogP contribution is 2.54. The lowest BCUT2D eigenvalue weighted by molar-refractivity contribution is -0.167. The van der Waals surface area contributed by atoms with Crippen LogP contribution in [-0.4, -0.2) is 69.6 Å². The number of nitrogens with zero attached hydrogens (tertiary/aromatic N) is 4. The third kappa shape index (κ3) is 6.23. The summed E-state index contributed by atoms with van der Waals surface area (Å²) in [4.78, 5) is 34.1. The fourth-order valence-electron chi connectivity index (χ4n) is 4.71. The number of carbonyl (C=O) groups excluding carboxylic acids is 1. The number of anilines is 1. The van der Waals surface area contributed by atoms with Crippen LogP contribution in [0.5, 0.6) is 0 Å². The van der Waals surface area contributed by atoms with E-state index in [1.54, 1.807) is 37.4 Å². The van der Waals surface area contributed by atoms with Crippen LogP contribution in [0.1, 0.15) is 65.0 Å². The average molecular weight is 561 g/mol. The molecule has 2 aliphatic rings. The number of hydrogen-bond donors (Lipinski definition) is 1. The Hall–Kier alpha value is -2.69. The zero-order chi connectivity index (χ0) is 29.0. The quantitative estimate of drug-likeness (QED) is 0.246. The topological polar surface area (TPSA) is 117 Å². The van der Waals surface area contributed by atoms with Gasteiger partial charge in [0.1, 0.15) is 23.6 Å². The fourth-order valence-corrected chi connectivity index (χ4v) is 6.39. The Morgan fingerprint density at radius 2 is 2.08 bits per heavy atom. The second-order valence-corrected chi connectivity index (χ2v) is 11.5. The summed E-state index contributed by atoms with van der Waals surface area (Å²) in [6.07, 6.45) is 0.788. The van der Waals surface area contributed by atoms with Crippen LogP contribution in [-0.2, 0) is 18.5 Å². The summed E-state index contributed by atoms with van der Waals surface area (Å²) in [6, 6.07) is 8.91. The van der Waals surface area contributed by atoms with Gasteiger partial charge in [-0.3, -0.25) is 14.4 Å². The number of amides is 1. The van der Waals surface area contributed by atoms with Gasteiger partial charge < -0.3 is 23.8 Å². The minimum Gasteiger partial charge on any atom is -0.425 e. The molecule has 0 radical (unpaired) electrons. The highest BCUT2D eigenvalue weighted by molar-refractivity contribution is 7.45. The summed E-state index contributed by atoms with van der Waals surface area (Å²) in [5.74, 6) is -0.201. The molecule has 2 aromatic rings. The summed E-state index contributed by atoms with van der Waals surface area (Å²) in [6.45, 7) is 12.5. The number of carbonyl (C=O) groups is 1.